The third-order valence-electron chi connectivity index (χ3n) is 1.88. The summed E-state index contributed by atoms with van der Waals surface area (Å²) in [6.45, 7) is -9.76. The predicted octanol–water partition coefficient (Wildman–Crippen LogP) is 2.90. The van der Waals surface area contributed by atoms with Crippen LogP contribution < -0.4 is 4.90 Å². The Morgan fingerprint density at radius 2 is 2.10 bits per heavy atom. The number of amides is 1. The molecule has 0 aromatic carbocycles. The van der Waals surface area contributed by atoms with Gasteiger partial charge in [-0.15, -0.1) is 0 Å². The number of hydrogen-bond donors (Lipinski definition) is 0. The van der Waals surface area contributed by atoms with Crippen LogP contribution in [-0.4, -0.2) is 47.6 Å². The first-order chi connectivity index (χ1) is 13.6. The molecule has 0 bridgehead atoms. The Bertz CT molecular complexity index is 892. The number of carbonyl (C=O) groups is 1. The second-order valence-electron chi connectivity index (χ2n) is 4.71. The molecule has 1 aromatic heterocycles. The molecular weight excluding hydrogens is 322 g/mol. The summed E-state index contributed by atoms with van der Waals surface area (Å²) < 4.78 is 94.4. The maximum absolute atomic E-state index is 12.6. The van der Waals surface area contributed by atoms with Crippen molar-refractivity contribution in [1.82, 2.24) is 9.88 Å². The summed E-state index contributed by atoms with van der Waals surface area (Å²) in [6, 6.07) is -1.31. The predicted molar refractivity (Wildman–Crippen MR) is 82.0 cm³/mol. The lowest BCUT2D eigenvalue weighted by Gasteiger charge is -2.36. The second-order valence-corrected chi connectivity index (χ2v) is 5.50. The van der Waals surface area contributed by atoms with E-state index >= 15 is 0 Å². The molecule has 2 heterocycles. The lowest BCUT2D eigenvalue weighted by atomic mass is 10.2. The lowest BCUT2D eigenvalue weighted by Crippen LogP contribution is -2.50. The molecule has 1 saturated heterocycles. The Kier molecular flexibility index (Phi) is 1.86. The molecule has 0 spiro atoms. The summed E-state index contributed by atoms with van der Waals surface area (Å²) in [5, 5.41) is 0. The molecule has 0 aliphatic carbocycles. The van der Waals surface area contributed by atoms with Gasteiger partial charge >= 0.3 is 6.09 Å². The average molecular weight is 353 g/mol. The number of anilines is 1. The molecule has 20 heavy (non-hydrogen) atoms. The molecule has 0 radical (unpaired) electrons. The summed E-state index contributed by atoms with van der Waals surface area (Å²) in [6.07, 6.45) is -2.40. The van der Waals surface area contributed by atoms with Crippen molar-refractivity contribution in [1.29, 1.82) is 0 Å². The van der Waals surface area contributed by atoms with Gasteiger partial charge in [0.2, 0.25) is 0 Å². The van der Waals surface area contributed by atoms with Crippen LogP contribution in [0.4, 0.5) is 10.6 Å². The minimum atomic E-state index is -3.52. The molecule has 0 N–H and O–H groups in total. The first-order valence-corrected chi connectivity index (χ1v) is 6.38. The van der Waals surface area contributed by atoms with Gasteiger partial charge in [0.15, 0.2) is 0 Å². The summed E-state index contributed by atoms with van der Waals surface area (Å²) in [4.78, 5) is 15.9. The molecule has 0 atom stereocenters. The Hall–Kier alpha value is -1.30. The van der Waals surface area contributed by atoms with Gasteiger partial charge in [0, 0.05) is 36.6 Å². The molecule has 6 heteroatoms. The number of carbonyl (C=O) groups excluding carboxylic acids is 1. The van der Waals surface area contributed by atoms with Crippen LogP contribution in [0.2, 0.25) is 0 Å². The van der Waals surface area contributed by atoms with Crippen molar-refractivity contribution in [3.05, 3.63) is 22.7 Å². The summed E-state index contributed by atoms with van der Waals surface area (Å²) in [7, 11) is 0. The van der Waals surface area contributed by atoms with E-state index < -0.39 is 61.8 Å². The fourth-order valence-electron chi connectivity index (χ4n) is 1.15. The van der Waals surface area contributed by atoms with E-state index in [0.29, 0.717) is 0 Å². The zero-order valence-electron chi connectivity index (χ0n) is 22.0. The van der Waals surface area contributed by atoms with E-state index in [4.69, 9.17) is 19.8 Å². The molecule has 2 rings (SSSR count). The molecule has 1 fully saturated rings. The van der Waals surface area contributed by atoms with Gasteiger partial charge in [-0.3, -0.25) is 0 Å². The van der Waals surface area contributed by atoms with E-state index in [9.17, 15) is 4.79 Å². The molecule has 110 valence electrons. The molecule has 1 amide bonds. The highest BCUT2D eigenvalue weighted by molar-refractivity contribution is 9.10. The molecule has 0 unspecified atom stereocenters. The fraction of sp³-hybridized carbons (Fsp3) is 0.571. The Morgan fingerprint density at radius 3 is 2.70 bits per heavy atom. The van der Waals surface area contributed by atoms with Gasteiger partial charge in [-0.25, -0.2) is 9.78 Å². The quantitative estimate of drug-likeness (QED) is 0.779. The monoisotopic (exact) mass is 352 g/mol. The van der Waals surface area contributed by atoms with Crippen LogP contribution in [0.1, 0.15) is 35.8 Å². The zero-order chi connectivity index (χ0) is 24.5. The van der Waals surface area contributed by atoms with E-state index in [-0.39, 0.29) is 14.3 Å². The van der Waals surface area contributed by atoms with Crippen LogP contribution in [0, 0.1) is 0 Å². The van der Waals surface area contributed by atoms with E-state index in [2.05, 4.69) is 20.9 Å². The number of hydrogen-bond acceptors (Lipinski definition) is 4. The van der Waals surface area contributed by atoms with Crippen molar-refractivity contribution in [2.75, 3.05) is 30.9 Å². The maximum atomic E-state index is 12.6. The molecule has 1 aromatic rings. The smallest absolute Gasteiger partial charge is 0.410 e. The van der Waals surface area contributed by atoms with Crippen molar-refractivity contribution in [3.8, 4) is 0 Å². The molecule has 5 nitrogen and oxygen atoms in total. The molecule has 1 aliphatic heterocycles. The number of piperazine rings is 1. The van der Waals surface area contributed by atoms with Gasteiger partial charge in [0.05, 0.1) is 15.1 Å². The van der Waals surface area contributed by atoms with Crippen LogP contribution in [0.3, 0.4) is 0 Å². The number of rotatable bonds is 1. The number of pyridine rings is 1. The molecular formula is C14H20BrN3O2. The standard InChI is InChI=1S/C14H20BrN3O2/c1-14(2,3)20-13(19)18-8-6-17(7-9-18)12-10-11(15)4-5-16-12/h4-5,10H,6-9H2,1-3H3/i4D,5D,6D2,7D2,8D2,9D2,10D. The van der Waals surface area contributed by atoms with Crippen molar-refractivity contribution >= 4 is 27.8 Å². The Balaban J connectivity index is 2.82. The maximum Gasteiger partial charge on any atom is 0.410 e. The minimum absolute atomic E-state index is 0.0502. The van der Waals surface area contributed by atoms with E-state index in [1.807, 2.05) is 0 Å². The summed E-state index contributed by atoms with van der Waals surface area (Å²) >= 11 is 2.87. The van der Waals surface area contributed by atoms with Crippen LogP contribution in [0.25, 0.3) is 0 Å². The summed E-state index contributed by atoms with van der Waals surface area (Å²) in [5.74, 6) is -0.917. The number of halogens is 1. The first kappa shape index (κ1) is 6.22. The van der Waals surface area contributed by atoms with Crippen molar-refractivity contribution in [3.63, 3.8) is 0 Å². The van der Waals surface area contributed by atoms with Crippen molar-refractivity contribution < 1.29 is 24.6 Å². The van der Waals surface area contributed by atoms with E-state index in [0.717, 1.165) is 0 Å². The van der Waals surface area contributed by atoms with Gasteiger partial charge < -0.3 is 14.5 Å². The largest absolute Gasteiger partial charge is 0.444 e. The van der Waals surface area contributed by atoms with Crippen LogP contribution in [0.15, 0.2) is 22.7 Å². The second kappa shape index (κ2) is 5.99. The highest BCUT2D eigenvalue weighted by atomic mass is 79.9. The minimum Gasteiger partial charge on any atom is -0.444 e. The topological polar surface area (TPSA) is 45.7 Å². The van der Waals surface area contributed by atoms with Gasteiger partial charge in [0.25, 0.3) is 0 Å². The zero-order valence-corrected chi connectivity index (χ0v) is 12.6. The Labute approximate surface area is 143 Å². The van der Waals surface area contributed by atoms with Crippen LogP contribution in [-0.2, 0) is 4.74 Å². The third-order valence-corrected chi connectivity index (χ3v) is 2.28. The van der Waals surface area contributed by atoms with Crippen LogP contribution >= 0.6 is 15.9 Å². The van der Waals surface area contributed by atoms with Crippen molar-refractivity contribution in [2.45, 2.75) is 26.4 Å². The Morgan fingerprint density at radius 1 is 1.45 bits per heavy atom. The van der Waals surface area contributed by atoms with E-state index in [1.165, 1.54) is 20.8 Å². The van der Waals surface area contributed by atoms with Gasteiger partial charge in [-0.2, -0.15) is 0 Å². The van der Waals surface area contributed by atoms with Gasteiger partial charge in [0.1, 0.15) is 11.4 Å². The number of nitrogens with zero attached hydrogens (tertiary/aromatic N) is 3. The summed E-state index contributed by atoms with van der Waals surface area (Å²) in [5.41, 5.74) is -1.22. The van der Waals surface area contributed by atoms with E-state index in [1.54, 1.807) is 0 Å². The average Bonchev–Trinajstić information content (AvgIpc) is 2.53. The lowest BCUT2D eigenvalue weighted by molar-refractivity contribution is 0.0240. The SMILES string of the molecule is [2H]c1nc(N2C([2H])([2H])C([2H])([2H])N(C(=O)OC(C)(C)C)C([2H])([2H])C2([2H])[2H])c([2H])c(Br)c1[2H]. The van der Waals surface area contributed by atoms with Gasteiger partial charge in [-0.05, 0) is 32.9 Å². The molecule has 1 aliphatic rings. The number of aromatic nitrogens is 1. The molecule has 0 saturated carbocycles. The highest BCUT2D eigenvalue weighted by Gasteiger charge is 2.26. The normalized spacial score (nSPS) is 34.3. The first-order valence-electron chi connectivity index (χ1n) is 11.1. The third kappa shape index (κ3) is 4.10. The van der Waals surface area contributed by atoms with Crippen LogP contribution in [0.5, 0.6) is 0 Å². The van der Waals surface area contributed by atoms with Gasteiger partial charge in [-0.1, -0.05) is 15.9 Å². The number of ether oxygens (including phenoxy) is 1. The van der Waals surface area contributed by atoms with Crippen molar-refractivity contribution in [2.24, 2.45) is 0 Å². The highest BCUT2D eigenvalue weighted by Crippen LogP contribution is 2.19. The fourth-order valence-corrected chi connectivity index (χ4v) is 1.42.